The van der Waals surface area contributed by atoms with Gasteiger partial charge in [0.2, 0.25) is 0 Å². The summed E-state index contributed by atoms with van der Waals surface area (Å²) in [6.07, 6.45) is -0.406. The lowest BCUT2D eigenvalue weighted by Gasteiger charge is -2.33. The van der Waals surface area contributed by atoms with Gasteiger partial charge in [-0.25, -0.2) is 4.79 Å². The summed E-state index contributed by atoms with van der Waals surface area (Å²) in [6, 6.07) is 0.380. The molecule has 4 heteroatoms. The van der Waals surface area contributed by atoms with Gasteiger partial charge in [0.15, 0.2) is 6.10 Å². The van der Waals surface area contributed by atoms with Crippen LogP contribution in [0.4, 0.5) is 0 Å². The Morgan fingerprint density at radius 3 is 2.83 bits per heavy atom. The SMILES string of the molecule is COC(=O)C1CN(C)C(C)CO1. The van der Waals surface area contributed by atoms with E-state index < -0.39 is 6.10 Å². The van der Waals surface area contributed by atoms with E-state index in [2.05, 4.69) is 16.6 Å². The molecule has 0 N–H and O–H groups in total. The van der Waals surface area contributed by atoms with Gasteiger partial charge in [-0.05, 0) is 14.0 Å². The maximum absolute atomic E-state index is 11.0. The fourth-order valence-corrected chi connectivity index (χ4v) is 1.15. The van der Waals surface area contributed by atoms with Gasteiger partial charge in [0.05, 0.1) is 13.7 Å². The van der Waals surface area contributed by atoms with Gasteiger partial charge in [-0.2, -0.15) is 0 Å². The minimum atomic E-state index is -0.406. The molecule has 0 amide bonds. The van der Waals surface area contributed by atoms with Crippen molar-refractivity contribution in [3.63, 3.8) is 0 Å². The zero-order chi connectivity index (χ0) is 9.14. The number of likely N-dealkylation sites (N-methyl/N-ethyl adjacent to an activating group) is 1. The van der Waals surface area contributed by atoms with Crippen molar-refractivity contribution in [2.24, 2.45) is 0 Å². The van der Waals surface area contributed by atoms with E-state index >= 15 is 0 Å². The molecule has 0 spiro atoms. The van der Waals surface area contributed by atoms with E-state index in [1.165, 1.54) is 7.11 Å². The lowest BCUT2D eigenvalue weighted by Crippen LogP contribution is -2.49. The van der Waals surface area contributed by atoms with Gasteiger partial charge in [-0.15, -0.1) is 0 Å². The average molecular weight is 173 g/mol. The van der Waals surface area contributed by atoms with E-state index in [-0.39, 0.29) is 5.97 Å². The summed E-state index contributed by atoms with van der Waals surface area (Å²) in [5, 5.41) is 0. The number of hydrogen-bond donors (Lipinski definition) is 0. The second-order valence-corrected chi connectivity index (χ2v) is 3.13. The Hall–Kier alpha value is -0.610. The zero-order valence-corrected chi connectivity index (χ0v) is 7.74. The minimum absolute atomic E-state index is 0.284. The van der Waals surface area contributed by atoms with Crippen LogP contribution in [0, 0.1) is 0 Å². The second kappa shape index (κ2) is 3.87. The van der Waals surface area contributed by atoms with Crippen LogP contribution in [0.25, 0.3) is 0 Å². The number of carbonyl (C=O) groups is 1. The Morgan fingerprint density at radius 2 is 2.33 bits per heavy atom. The Morgan fingerprint density at radius 1 is 1.67 bits per heavy atom. The molecule has 0 aromatic carbocycles. The molecule has 1 aliphatic rings. The van der Waals surface area contributed by atoms with E-state index in [9.17, 15) is 4.79 Å². The minimum Gasteiger partial charge on any atom is -0.467 e. The summed E-state index contributed by atoms with van der Waals surface area (Å²) < 4.78 is 9.88. The van der Waals surface area contributed by atoms with Crippen molar-refractivity contribution < 1.29 is 14.3 Å². The number of hydrogen-bond acceptors (Lipinski definition) is 4. The molecule has 2 atom stereocenters. The smallest absolute Gasteiger partial charge is 0.336 e. The second-order valence-electron chi connectivity index (χ2n) is 3.13. The van der Waals surface area contributed by atoms with Gasteiger partial charge in [0.25, 0.3) is 0 Å². The van der Waals surface area contributed by atoms with Crippen LogP contribution in [-0.2, 0) is 14.3 Å². The molecule has 0 saturated carbocycles. The quantitative estimate of drug-likeness (QED) is 0.518. The molecule has 1 rings (SSSR count). The molecule has 1 aliphatic heterocycles. The Labute approximate surface area is 72.4 Å². The maximum atomic E-state index is 11.0. The van der Waals surface area contributed by atoms with Crippen molar-refractivity contribution in [3.8, 4) is 0 Å². The first-order chi connectivity index (χ1) is 5.65. The van der Waals surface area contributed by atoms with Crippen molar-refractivity contribution in [2.75, 3.05) is 27.3 Å². The standard InChI is InChI=1S/C8H15NO3/c1-6-5-12-7(4-9(6)2)8(10)11-3/h6-7H,4-5H2,1-3H3. The molecular formula is C8H15NO3. The van der Waals surface area contributed by atoms with Crippen LogP contribution in [0.2, 0.25) is 0 Å². The molecule has 0 aromatic rings. The van der Waals surface area contributed by atoms with Crippen LogP contribution in [0.5, 0.6) is 0 Å². The summed E-state index contributed by atoms with van der Waals surface area (Å²) in [5.41, 5.74) is 0. The molecular weight excluding hydrogens is 158 g/mol. The molecule has 1 fully saturated rings. The van der Waals surface area contributed by atoms with Crippen LogP contribution in [0.15, 0.2) is 0 Å². The topological polar surface area (TPSA) is 38.8 Å². The molecule has 12 heavy (non-hydrogen) atoms. The van der Waals surface area contributed by atoms with E-state index in [0.717, 1.165) is 0 Å². The number of rotatable bonds is 1. The monoisotopic (exact) mass is 173 g/mol. The molecule has 70 valence electrons. The molecule has 4 nitrogen and oxygen atoms in total. The van der Waals surface area contributed by atoms with E-state index in [1.54, 1.807) is 0 Å². The number of carbonyl (C=O) groups excluding carboxylic acids is 1. The summed E-state index contributed by atoms with van der Waals surface area (Å²) in [7, 11) is 3.35. The van der Waals surface area contributed by atoms with Gasteiger partial charge in [-0.3, -0.25) is 4.90 Å². The maximum Gasteiger partial charge on any atom is 0.336 e. The highest BCUT2D eigenvalue weighted by molar-refractivity contribution is 5.74. The summed E-state index contributed by atoms with van der Waals surface area (Å²) in [4.78, 5) is 13.1. The number of nitrogens with zero attached hydrogens (tertiary/aromatic N) is 1. The van der Waals surface area contributed by atoms with Crippen molar-refractivity contribution in [1.82, 2.24) is 4.90 Å². The van der Waals surface area contributed by atoms with Crippen molar-refractivity contribution >= 4 is 5.97 Å². The fraction of sp³-hybridized carbons (Fsp3) is 0.875. The highest BCUT2D eigenvalue weighted by atomic mass is 16.6. The first-order valence-corrected chi connectivity index (χ1v) is 4.05. The van der Waals surface area contributed by atoms with Gasteiger partial charge >= 0.3 is 5.97 Å². The fourth-order valence-electron chi connectivity index (χ4n) is 1.15. The van der Waals surface area contributed by atoms with Gasteiger partial charge < -0.3 is 9.47 Å². The van der Waals surface area contributed by atoms with Gasteiger partial charge in [0, 0.05) is 12.6 Å². The first-order valence-electron chi connectivity index (χ1n) is 4.05. The van der Waals surface area contributed by atoms with Crippen LogP contribution < -0.4 is 0 Å². The molecule has 1 heterocycles. The largest absolute Gasteiger partial charge is 0.467 e. The van der Waals surface area contributed by atoms with E-state index in [4.69, 9.17) is 4.74 Å². The highest BCUT2D eigenvalue weighted by Crippen LogP contribution is 2.09. The first kappa shape index (κ1) is 9.48. The molecule has 0 bridgehead atoms. The summed E-state index contributed by atoms with van der Waals surface area (Å²) in [6.45, 7) is 3.28. The van der Waals surface area contributed by atoms with Gasteiger partial charge in [0.1, 0.15) is 0 Å². The highest BCUT2D eigenvalue weighted by Gasteiger charge is 2.28. The van der Waals surface area contributed by atoms with Crippen LogP contribution in [0.1, 0.15) is 6.92 Å². The molecule has 0 radical (unpaired) electrons. The number of esters is 1. The average Bonchev–Trinajstić information content (AvgIpc) is 2.08. The predicted molar refractivity (Wildman–Crippen MR) is 43.8 cm³/mol. The normalized spacial score (nSPS) is 31.6. The summed E-state index contributed by atoms with van der Waals surface area (Å²) >= 11 is 0. The van der Waals surface area contributed by atoms with Crippen molar-refractivity contribution in [2.45, 2.75) is 19.1 Å². The third kappa shape index (κ3) is 1.95. The number of morpholine rings is 1. The van der Waals surface area contributed by atoms with Crippen molar-refractivity contribution in [1.29, 1.82) is 0 Å². The Kier molecular flexibility index (Phi) is 3.05. The molecule has 2 unspecified atom stereocenters. The number of ether oxygens (including phenoxy) is 2. The van der Waals surface area contributed by atoms with Crippen LogP contribution in [0.3, 0.4) is 0 Å². The zero-order valence-electron chi connectivity index (χ0n) is 7.74. The van der Waals surface area contributed by atoms with E-state index in [0.29, 0.717) is 19.2 Å². The Balaban J connectivity index is 2.45. The van der Waals surface area contributed by atoms with Crippen LogP contribution >= 0.6 is 0 Å². The van der Waals surface area contributed by atoms with E-state index in [1.807, 2.05) is 7.05 Å². The lowest BCUT2D eigenvalue weighted by atomic mass is 10.2. The number of methoxy groups -OCH3 is 1. The van der Waals surface area contributed by atoms with Crippen LogP contribution in [-0.4, -0.2) is 50.3 Å². The molecule has 0 aromatic heterocycles. The third-order valence-corrected chi connectivity index (χ3v) is 2.21. The summed E-state index contributed by atoms with van der Waals surface area (Å²) in [5.74, 6) is -0.284. The van der Waals surface area contributed by atoms with Gasteiger partial charge in [-0.1, -0.05) is 0 Å². The molecule has 1 saturated heterocycles. The molecule has 0 aliphatic carbocycles. The Bertz CT molecular complexity index is 172. The lowest BCUT2D eigenvalue weighted by molar-refractivity contribution is -0.161. The third-order valence-electron chi connectivity index (χ3n) is 2.21. The van der Waals surface area contributed by atoms with Crippen molar-refractivity contribution in [3.05, 3.63) is 0 Å². The predicted octanol–water partition coefficient (Wildman–Crippen LogP) is -0.122.